The molecule has 3 heterocycles. The van der Waals surface area contributed by atoms with Gasteiger partial charge < -0.3 is 28.7 Å². The summed E-state index contributed by atoms with van der Waals surface area (Å²) in [6, 6.07) is 12.9. The van der Waals surface area contributed by atoms with E-state index >= 15 is 0 Å². The van der Waals surface area contributed by atoms with Crippen molar-refractivity contribution >= 4 is 34.4 Å². The fourth-order valence-corrected chi connectivity index (χ4v) is 5.11. The second kappa shape index (κ2) is 11.3. The van der Waals surface area contributed by atoms with Gasteiger partial charge in [0.25, 0.3) is 0 Å². The number of halogens is 1. The van der Waals surface area contributed by atoms with Gasteiger partial charge >= 0.3 is 0 Å². The van der Waals surface area contributed by atoms with Crippen LogP contribution in [0, 0.1) is 6.92 Å². The fourth-order valence-electron chi connectivity index (χ4n) is 4.99. The Kier molecular flexibility index (Phi) is 7.88. The van der Waals surface area contributed by atoms with Crippen LogP contribution in [0.15, 0.2) is 47.0 Å². The third-order valence-electron chi connectivity index (χ3n) is 7.33. The maximum Gasteiger partial charge on any atom is 0.228 e. The molecule has 1 atom stereocenters. The van der Waals surface area contributed by atoms with Crippen LogP contribution < -0.4 is 4.74 Å². The van der Waals surface area contributed by atoms with Gasteiger partial charge in [0.15, 0.2) is 5.58 Å². The second-order valence-corrected chi connectivity index (χ2v) is 10.6. The SMILES string of the molecule is Cc1cc(OC[C@@]2(CC(=O)N3CCN(C)CC3)CN(C(=O)Cc3noc4ccccc34)CCO2)ccc1Cl. The third kappa shape index (κ3) is 5.95. The van der Waals surface area contributed by atoms with Gasteiger partial charge in [-0.05, 0) is 49.9 Å². The number of piperazine rings is 1. The molecule has 9 nitrogen and oxygen atoms in total. The second-order valence-electron chi connectivity index (χ2n) is 10.2. The van der Waals surface area contributed by atoms with Crippen LogP contribution in [0.3, 0.4) is 0 Å². The van der Waals surface area contributed by atoms with E-state index in [0.29, 0.717) is 48.3 Å². The number of morpholine rings is 1. The van der Waals surface area contributed by atoms with Gasteiger partial charge in [-0.25, -0.2) is 0 Å². The minimum Gasteiger partial charge on any atom is -0.490 e. The molecule has 0 aliphatic carbocycles. The number of amides is 2. The molecule has 5 rings (SSSR count). The molecule has 0 unspecified atom stereocenters. The number of carbonyl (C=O) groups is 2. The lowest BCUT2D eigenvalue weighted by Gasteiger charge is -2.43. The van der Waals surface area contributed by atoms with E-state index in [-0.39, 0.29) is 37.8 Å². The molecule has 2 amide bonds. The number of aromatic nitrogens is 1. The van der Waals surface area contributed by atoms with Gasteiger partial charge in [-0.2, -0.15) is 0 Å². The molecular weight excluding hydrogens is 508 g/mol. The average molecular weight is 541 g/mol. The number of rotatable bonds is 7. The Morgan fingerprint density at radius 2 is 1.84 bits per heavy atom. The molecule has 0 bridgehead atoms. The zero-order valence-corrected chi connectivity index (χ0v) is 22.6. The first-order valence-electron chi connectivity index (χ1n) is 12.9. The van der Waals surface area contributed by atoms with Crippen molar-refractivity contribution in [1.29, 1.82) is 0 Å². The highest BCUT2D eigenvalue weighted by molar-refractivity contribution is 6.31. The largest absolute Gasteiger partial charge is 0.490 e. The van der Waals surface area contributed by atoms with Gasteiger partial charge in [-0.3, -0.25) is 9.59 Å². The van der Waals surface area contributed by atoms with E-state index in [1.807, 2.05) is 42.2 Å². The standard InChI is InChI=1S/C28H33ClN4O5/c1-20-15-21(7-8-23(20)29)36-19-28(17-27(35)32-11-9-31(2)10-12-32)18-33(13-14-37-28)26(34)16-24-22-5-3-4-6-25(22)38-30-24/h3-8,15H,9-14,16-19H2,1-2H3/t28-/m1/s1. The zero-order chi connectivity index (χ0) is 26.7. The van der Waals surface area contributed by atoms with Crippen molar-refractivity contribution in [2.24, 2.45) is 0 Å². The van der Waals surface area contributed by atoms with Gasteiger partial charge in [0, 0.05) is 43.1 Å². The van der Waals surface area contributed by atoms with Crippen molar-refractivity contribution in [3.63, 3.8) is 0 Å². The molecule has 202 valence electrons. The highest BCUT2D eigenvalue weighted by atomic mass is 35.5. The minimum absolute atomic E-state index is 0.00535. The lowest BCUT2D eigenvalue weighted by atomic mass is 9.96. The predicted octanol–water partition coefficient (Wildman–Crippen LogP) is 3.17. The van der Waals surface area contributed by atoms with E-state index in [1.54, 1.807) is 17.0 Å². The predicted molar refractivity (Wildman–Crippen MR) is 143 cm³/mol. The van der Waals surface area contributed by atoms with Gasteiger partial charge in [-0.1, -0.05) is 28.9 Å². The summed E-state index contributed by atoms with van der Waals surface area (Å²) in [5.74, 6) is 0.552. The maximum atomic E-state index is 13.4. The number of aryl methyl sites for hydroxylation is 1. The Morgan fingerprint density at radius 1 is 1.05 bits per heavy atom. The average Bonchev–Trinajstić information content (AvgIpc) is 3.32. The molecule has 0 radical (unpaired) electrons. The van der Waals surface area contributed by atoms with E-state index in [1.165, 1.54) is 0 Å². The number of nitrogens with zero attached hydrogens (tertiary/aromatic N) is 4. The van der Waals surface area contributed by atoms with Crippen molar-refractivity contribution in [3.05, 3.63) is 58.7 Å². The molecule has 38 heavy (non-hydrogen) atoms. The van der Waals surface area contributed by atoms with Crippen molar-refractivity contribution in [1.82, 2.24) is 19.9 Å². The number of benzene rings is 2. The number of ether oxygens (including phenoxy) is 2. The first-order valence-corrected chi connectivity index (χ1v) is 13.3. The van der Waals surface area contributed by atoms with Crippen LogP contribution in [-0.2, 0) is 20.7 Å². The summed E-state index contributed by atoms with van der Waals surface area (Å²) < 4.78 is 17.8. The Morgan fingerprint density at radius 3 is 2.63 bits per heavy atom. The van der Waals surface area contributed by atoms with Crippen molar-refractivity contribution in [2.45, 2.75) is 25.4 Å². The third-order valence-corrected chi connectivity index (χ3v) is 7.76. The highest BCUT2D eigenvalue weighted by Crippen LogP contribution is 2.28. The first kappa shape index (κ1) is 26.5. The van der Waals surface area contributed by atoms with Gasteiger partial charge in [-0.15, -0.1) is 0 Å². The molecule has 2 aliphatic heterocycles. The molecule has 2 aliphatic rings. The Labute approximate surface area is 227 Å². The van der Waals surface area contributed by atoms with Crippen LogP contribution in [0.1, 0.15) is 17.7 Å². The summed E-state index contributed by atoms with van der Waals surface area (Å²) in [6.45, 7) is 6.02. The van der Waals surface area contributed by atoms with E-state index in [2.05, 4.69) is 17.1 Å². The molecule has 2 aromatic carbocycles. The van der Waals surface area contributed by atoms with Crippen LogP contribution in [-0.4, -0.2) is 96.8 Å². The van der Waals surface area contributed by atoms with E-state index in [0.717, 1.165) is 24.0 Å². The van der Waals surface area contributed by atoms with E-state index < -0.39 is 5.60 Å². The Balaban J connectivity index is 1.33. The normalized spacial score (nSPS) is 20.6. The van der Waals surface area contributed by atoms with Gasteiger partial charge in [0.2, 0.25) is 11.8 Å². The lowest BCUT2D eigenvalue weighted by molar-refractivity contribution is -0.166. The van der Waals surface area contributed by atoms with Crippen LogP contribution in [0.4, 0.5) is 0 Å². The number of fused-ring (bicyclic) bond motifs is 1. The molecule has 3 aromatic rings. The molecular formula is C28H33ClN4O5. The molecule has 2 fully saturated rings. The van der Waals surface area contributed by atoms with Crippen LogP contribution >= 0.6 is 11.6 Å². The lowest BCUT2D eigenvalue weighted by Crippen LogP contribution is -2.59. The zero-order valence-electron chi connectivity index (χ0n) is 21.8. The summed E-state index contributed by atoms with van der Waals surface area (Å²) in [4.78, 5) is 32.6. The monoisotopic (exact) mass is 540 g/mol. The molecule has 2 saturated heterocycles. The van der Waals surface area contributed by atoms with Crippen molar-refractivity contribution < 1.29 is 23.6 Å². The summed E-state index contributed by atoms with van der Waals surface area (Å²) >= 11 is 6.18. The van der Waals surface area contributed by atoms with Gasteiger partial charge in [0.05, 0.1) is 26.0 Å². The maximum absolute atomic E-state index is 13.4. The summed E-state index contributed by atoms with van der Waals surface area (Å²) in [5.41, 5.74) is 1.17. The molecule has 0 N–H and O–H groups in total. The number of hydrogen-bond donors (Lipinski definition) is 0. The summed E-state index contributed by atoms with van der Waals surface area (Å²) in [5, 5.41) is 5.60. The van der Waals surface area contributed by atoms with Gasteiger partial charge in [0.1, 0.15) is 23.7 Å². The summed E-state index contributed by atoms with van der Waals surface area (Å²) in [7, 11) is 2.05. The first-order chi connectivity index (χ1) is 18.3. The molecule has 10 heteroatoms. The van der Waals surface area contributed by atoms with E-state index in [4.69, 9.17) is 25.6 Å². The fraction of sp³-hybridized carbons (Fsp3) is 0.464. The number of likely N-dealkylation sites (N-methyl/N-ethyl adjacent to an activating group) is 1. The number of hydrogen-bond acceptors (Lipinski definition) is 7. The van der Waals surface area contributed by atoms with Crippen LogP contribution in [0.5, 0.6) is 5.75 Å². The highest BCUT2D eigenvalue weighted by Gasteiger charge is 2.42. The van der Waals surface area contributed by atoms with Crippen molar-refractivity contribution in [3.8, 4) is 5.75 Å². The number of carbonyl (C=O) groups excluding carboxylic acids is 2. The number of para-hydroxylation sites is 1. The topological polar surface area (TPSA) is 88.4 Å². The molecule has 0 spiro atoms. The van der Waals surface area contributed by atoms with Crippen molar-refractivity contribution in [2.75, 3.05) is 59.5 Å². The van der Waals surface area contributed by atoms with Crippen LogP contribution in [0.2, 0.25) is 5.02 Å². The Bertz CT molecular complexity index is 1310. The quantitative estimate of drug-likeness (QED) is 0.455. The molecule has 0 saturated carbocycles. The minimum atomic E-state index is -0.978. The Hall–Kier alpha value is -3.14. The van der Waals surface area contributed by atoms with E-state index in [9.17, 15) is 9.59 Å². The molecule has 1 aromatic heterocycles. The summed E-state index contributed by atoms with van der Waals surface area (Å²) in [6.07, 6.45) is 0.233. The van der Waals surface area contributed by atoms with Crippen LogP contribution in [0.25, 0.3) is 11.0 Å². The smallest absolute Gasteiger partial charge is 0.228 e.